The lowest BCUT2D eigenvalue weighted by atomic mass is 10.1. The highest BCUT2D eigenvalue weighted by atomic mass is 16.3. The summed E-state index contributed by atoms with van der Waals surface area (Å²) >= 11 is 0. The summed E-state index contributed by atoms with van der Waals surface area (Å²) in [5.41, 5.74) is 2.17. The summed E-state index contributed by atoms with van der Waals surface area (Å²) in [6.07, 6.45) is 1.88. The lowest BCUT2D eigenvalue weighted by molar-refractivity contribution is 0.282. The predicted octanol–water partition coefficient (Wildman–Crippen LogP) is 1.84. The Morgan fingerprint density at radius 2 is 1.93 bits per heavy atom. The topological polar surface area (TPSA) is 32.3 Å². The third-order valence-electron chi connectivity index (χ3n) is 2.19. The Hall–Kier alpha value is -1.12. The minimum Gasteiger partial charge on any atom is -0.392 e. The second kappa shape index (κ2) is 5.58. The molecule has 0 amide bonds. The van der Waals surface area contributed by atoms with E-state index in [0.29, 0.717) is 6.04 Å². The Balaban J connectivity index is 2.47. The molecule has 76 valence electrons. The summed E-state index contributed by atoms with van der Waals surface area (Å²) in [5, 5.41) is 12.2. The van der Waals surface area contributed by atoms with Crippen molar-refractivity contribution in [3.63, 3.8) is 0 Å². The average molecular weight is 191 g/mol. The summed E-state index contributed by atoms with van der Waals surface area (Å²) in [4.78, 5) is 0. The number of hydrogen-bond donors (Lipinski definition) is 2. The van der Waals surface area contributed by atoms with Gasteiger partial charge in [-0.25, -0.2) is 0 Å². The highest BCUT2D eigenvalue weighted by Gasteiger charge is 1.96. The molecule has 0 heterocycles. The van der Waals surface area contributed by atoms with E-state index in [1.165, 1.54) is 5.56 Å². The molecule has 0 fully saturated rings. The van der Waals surface area contributed by atoms with Crippen LogP contribution in [0.1, 0.15) is 18.1 Å². The third kappa shape index (κ3) is 3.32. The van der Waals surface area contributed by atoms with Crippen LogP contribution in [0.4, 0.5) is 0 Å². The molecular weight excluding hydrogens is 174 g/mol. The Kier molecular flexibility index (Phi) is 4.36. The van der Waals surface area contributed by atoms with Crippen molar-refractivity contribution >= 4 is 0 Å². The van der Waals surface area contributed by atoms with Crippen LogP contribution in [-0.2, 0) is 13.2 Å². The normalized spacial score (nSPS) is 12.4. The van der Waals surface area contributed by atoms with Gasteiger partial charge in [0.2, 0.25) is 0 Å². The molecule has 2 nitrogen and oxygen atoms in total. The van der Waals surface area contributed by atoms with Crippen LogP contribution in [0, 0.1) is 0 Å². The lowest BCUT2D eigenvalue weighted by Gasteiger charge is -2.09. The van der Waals surface area contributed by atoms with Crippen LogP contribution in [0.3, 0.4) is 0 Å². The number of rotatable bonds is 5. The molecule has 1 aromatic rings. The van der Waals surface area contributed by atoms with E-state index in [2.05, 4.69) is 18.8 Å². The van der Waals surface area contributed by atoms with Gasteiger partial charge < -0.3 is 10.4 Å². The number of benzene rings is 1. The molecule has 0 aliphatic heterocycles. The zero-order chi connectivity index (χ0) is 10.4. The van der Waals surface area contributed by atoms with Crippen molar-refractivity contribution in [1.82, 2.24) is 5.32 Å². The molecule has 0 aromatic heterocycles. The van der Waals surface area contributed by atoms with Gasteiger partial charge in [-0.15, -0.1) is 6.58 Å². The zero-order valence-electron chi connectivity index (χ0n) is 8.53. The molecule has 0 saturated heterocycles. The zero-order valence-corrected chi connectivity index (χ0v) is 8.53. The van der Waals surface area contributed by atoms with Crippen molar-refractivity contribution < 1.29 is 5.11 Å². The lowest BCUT2D eigenvalue weighted by Crippen LogP contribution is -2.22. The summed E-state index contributed by atoms with van der Waals surface area (Å²) < 4.78 is 0. The van der Waals surface area contributed by atoms with Gasteiger partial charge in [-0.1, -0.05) is 30.3 Å². The molecule has 2 N–H and O–H groups in total. The van der Waals surface area contributed by atoms with Crippen LogP contribution in [0.15, 0.2) is 36.9 Å². The molecule has 0 spiro atoms. The highest BCUT2D eigenvalue weighted by molar-refractivity contribution is 5.21. The number of hydrogen-bond acceptors (Lipinski definition) is 2. The van der Waals surface area contributed by atoms with E-state index < -0.39 is 0 Å². The number of nitrogens with one attached hydrogen (secondary N) is 1. The standard InChI is InChI=1S/C12H17NO/c1-3-10(2)13-8-11-4-6-12(9-14)7-5-11/h3-7,10,13-14H,1,8-9H2,2H3. The monoisotopic (exact) mass is 191 g/mol. The Labute approximate surface area is 85.3 Å². The van der Waals surface area contributed by atoms with E-state index in [1.54, 1.807) is 0 Å². The van der Waals surface area contributed by atoms with Gasteiger partial charge in [0.15, 0.2) is 0 Å². The van der Waals surface area contributed by atoms with Gasteiger partial charge in [0.25, 0.3) is 0 Å². The smallest absolute Gasteiger partial charge is 0.0681 e. The number of aliphatic hydroxyl groups excluding tert-OH is 1. The maximum absolute atomic E-state index is 8.86. The highest BCUT2D eigenvalue weighted by Crippen LogP contribution is 2.04. The summed E-state index contributed by atoms with van der Waals surface area (Å²) in [6, 6.07) is 8.25. The SMILES string of the molecule is C=CC(C)NCc1ccc(CO)cc1. The molecule has 2 heteroatoms. The molecule has 1 aromatic carbocycles. The fraction of sp³-hybridized carbons (Fsp3) is 0.333. The summed E-state index contributed by atoms with van der Waals surface area (Å²) in [5.74, 6) is 0. The Bertz CT molecular complexity index is 279. The molecule has 0 aliphatic rings. The first-order valence-corrected chi connectivity index (χ1v) is 4.81. The van der Waals surface area contributed by atoms with E-state index in [1.807, 2.05) is 30.3 Å². The molecule has 0 radical (unpaired) electrons. The fourth-order valence-electron chi connectivity index (χ4n) is 1.12. The van der Waals surface area contributed by atoms with Gasteiger partial charge in [0, 0.05) is 12.6 Å². The maximum Gasteiger partial charge on any atom is 0.0681 e. The molecule has 1 rings (SSSR count). The van der Waals surface area contributed by atoms with Gasteiger partial charge >= 0.3 is 0 Å². The first kappa shape index (κ1) is 11.0. The average Bonchev–Trinajstić information content (AvgIpc) is 2.26. The fourth-order valence-corrected chi connectivity index (χ4v) is 1.12. The first-order valence-electron chi connectivity index (χ1n) is 4.81. The largest absolute Gasteiger partial charge is 0.392 e. The second-order valence-electron chi connectivity index (χ2n) is 3.38. The molecule has 0 aliphatic carbocycles. The van der Waals surface area contributed by atoms with Crippen LogP contribution in [0.5, 0.6) is 0 Å². The van der Waals surface area contributed by atoms with Crippen molar-refractivity contribution in [3.8, 4) is 0 Å². The molecule has 0 bridgehead atoms. The minimum absolute atomic E-state index is 0.108. The van der Waals surface area contributed by atoms with Crippen molar-refractivity contribution in [1.29, 1.82) is 0 Å². The van der Waals surface area contributed by atoms with Crippen molar-refractivity contribution in [2.45, 2.75) is 26.1 Å². The quantitative estimate of drug-likeness (QED) is 0.696. The molecule has 1 atom stereocenters. The van der Waals surface area contributed by atoms with Crippen LogP contribution < -0.4 is 5.32 Å². The van der Waals surface area contributed by atoms with E-state index in [9.17, 15) is 0 Å². The predicted molar refractivity (Wildman–Crippen MR) is 58.9 cm³/mol. The van der Waals surface area contributed by atoms with Gasteiger partial charge in [-0.05, 0) is 18.1 Å². The second-order valence-corrected chi connectivity index (χ2v) is 3.38. The van der Waals surface area contributed by atoms with Crippen LogP contribution in [-0.4, -0.2) is 11.1 Å². The van der Waals surface area contributed by atoms with E-state index >= 15 is 0 Å². The molecule has 14 heavy (non-hydrogen) atoms. The Morgan fingerprint density at radius 1 is 1.36 bits per heavy atom. The first-order chi connectivity index (χ1) is 6.76. The van der Waals surface area contributed by atoms with E-state index in [4.69, 9.17) is 5.11 Å². The molecule has 0 saturated carbocycles. The minimum atomic E-state index is 0.108. The molecule has 1 unspecified atom stereocenters. The van der Waals surface area contributed by atoms with Gasteiger partial charge in [-0.2, -0.15) is 0 Å². The van der Waals surface area contributed by atoms with E-state index in [0.717, 1.165) is 12.1 Å². The van der Waals surface area contributed by atoms with E-state index in [-0.39, 0.29) is 6.61 Å². The Morgan fingerprint density at radius 3 is 2.43 bits per heavy atom. The van der Waals surface area contributed by atoms with Crippen LogP contribution >= 0.6 is 0 Å². The van der Waals surface area contributed by atoms with Gasteiger partial charge in [0.05, 0.1) is 6.61 Å². The summed E-state index contributed by atoms with van der Waals surface area (Å²) in [6.45, 7) is 6.71. The van der Waals surface area contributed by atoms with Crippen molar-refractivity contribution in [3.05, 3.63) is 48.0 Å². The third-order valence-corrected chi connectivity index (χ3v) is 2.19. The summed E-state index contributed by atoms with van der Waals surface area (Å²) in [7, 11) is 0. The van der Waals surface area contributed by atoms with Gasteiger partial charge in [-0.3, -0.25) is 0 Å². The maximum atomic E-state index is 8.86. The van der Waals surface area contributed by atoms with Crippen LogP contribution in [0.25, 0.3) is 0 Å². The van der Waals surface area contributed by atoms with Gasteiger partial charge in [0.1, 0.15) is 0 Å². The molecular formula is C12H17NO. The van der Waals surface area contributed by atoms with Crippen LogP contribution in [0.2, 0.25) is 0 Å². The van der Waals surface area contributed by atoms with Crippen molar-refractivity contribution in [2.75, 3.05) is 0 Å². The van der Waals surface area contributed by atoms with Crippen molar-refractivity contribution in [2.24, 2.45) is 0 Å². The number of aliphatic hydroxyl groups is 1.